The highest BCUT2D eigenvalue weighted by Gasteiger charge is 2.43. The van der Waals surface area contributed by atoms with E-state index in [1.807, 2.05) is 0 Å². The number of aryl methyl sites for hydroxylation is 1. The van der Waals surface area contributed by atoms with Gasteiger partial charge < -0.3 is 76.6 Å². The highest BCUT2D eigenvalue weighted by molar-refractivity contribution is 9.10. The third-order valence-corrected chi connectivity index (χ3v) is 26.4. The molecule has 16 heterocycles. The topological polar surface area (TPSA) is 536 Å². The molecule has 10 aliphatic rings. The van der Waals surface area contributed by atoms with E-state index in [-0.39, 0.29) is 159 Å². The van der Waals surface area contributed by atoms with Crippen LogP contribution in [-0.2, 0) is 122 Å². The number of carbonyl (C=O) groups is 10. The Balaban J connectivity index is 0.000000131. The van der Waals surface area contributed by atoms with Crippen LogP contribution in [0.3, 0.4) is 0 Å². The average Bonchev–Trinajstić information content (AvgIpc) is 1.63. The van der Waals surface area contributed by atoms with Crippen molar-refractivity contribution in [3.05, 3.63) is 224 Å². The third-order valence-electron chi connectivity index (χ3n) is 25.0. The van der Waals surface area contributed by atoms with Gasteiger partial charge >= 0.3 is 30.2 Å². The van der Waals surface area contributed by atoms with Crippen LogP contribution in [0.4, 0.5) is 74.4 Å². The number of pyridine rings is 1. The Morgan fingerprint density at radius 2 is 0.671 bits per heavy atom. The molecule has 772 valence electrons. The molecule has 15 amide bonds. The van der Waals surface area contributed by atoms with Crippen LogP contribution in [0.2, 0.25) is 5.02 Å². The molecule has 0 radical (unpaired) electrons. The van der Waals surface area contributed by atoms with Crippen LogP contribution in [0.5, 0.6) is 0 Å². The second-order valence-corrected chi connectivity index (χ2v) is 36.9. The lowest BCUT2D eigenvalue weighted by atomic mass is 10.1. The first-order valence-electron chi connectivity index (χ1n) is 45.6. The quantitative estimate of drug-likeness (QED) is 0.0502. The average molecular weight is 2180 g/mol. The minimum atomic E-state index is -0.665. The zero-order valence-corrected chi connectivity index (χ0v) is 82.8. The summed E-state index contributed by atoms with van der Waals surface area (Å²) in [5.41, 5.74) is 10.6. The molecule has 0 bridgehead atoms. The van der Waals surface area contributed by atoms with Crippen molar-refractivity contribution in [1.82, 2.24) is 104 Å². The Bertz CT molecular complexity index is 6450. The summed E-state index contributed by atoms with van der Waals surface area (Å²) < 4.78 is 75.7. The molecule has 55 heteroatoms. The molecule has 146 heavy (non-hydrogen) atoms. The summed E-state index contributed by atoms with van der Waals surface area (Å²) in [7, 11) is 7.39. The second-order valence-electron chi connectivity index (χ2n) is 34.8. The normalized spacial score (nSPS) is 18.8. The standard InChI is InChI=1S/C19H19FN6O4.C19H22FN5O4.C18H19BrFN5O4.C18H19ClFN5O4.C17H18BrFN6O4/c1-24-18(28)17-14-9-25(5-4-16(14)23-26(17)8-13(10-27)30-24)19(29)22-12-2-3-15(20)11(6-12)7-21;1-11-7-12(3-4-15(11)20)21-19(28)24-6-5-16-14(9-24)17-18(27)23(2)29-13(10-26)8-25(17)22-16;2*1-23-17(27)16-12-8-24(18(28)21-10-2-3-14(20)13(19)6-10)5-4-15(12)22-25(16)7-11(9-26)29-23;1-23-16(27)14-10-7-24(17(28)21-12-2-4-20-15(18)13(12)19)5-3-11(10)22-25(14)6-9(8-26)29-23/h2-3,6,13,27H,4-5,8-10H2,1H3,(H,22,29);3-4,7,13,26H,5-6,8-10H2,1-2H3,(H,21,28);2*2-3,6,11,26H,4-5,7-9H2,1H3,(H,21,28);2,4,9,26H,3,5-8H2,1H3,(H,20,21,28)/t2*13-;2*11-;9-/m00010/s1. The Labute approximate surface area is 848 Å². The lowest BCUT2D eigenvalue weighted by Gasteiger charge is -2.27. The van der Waals surface area contributed by atoms with Crippen LogP contribution in [0, 0.1) is 47.3 Å². The maximum Gasteiger partial charge on any atom is 0.322 e. The summed E-state index contributed by atoms with van der Waals surface area (Å²) in [5.74, 6) is -4.58. The summed E-state index contributed by atoms with van der Waals surface area (Å²) >= 11 is 11.8. The number of aromatic nitrogens is 11. The SMILES string of the molecule is CN1O[C@@H](CO)Cn2nc3c(c2C1=O)CN(C(=O)Nc1ccc(F)c(Cl)c1)CC3.CN1O[C@H](CO)Cn2nc3c(c2C1=O)CN(C(=O)Nc1ccc(F)c(Br)c1)CC3.CN1O[C@H](CO)Cn2nc3c(c2C1=O)CN(C(=O)Nc1ccc(F)c(C#N)c1)CC3.CN1O[C@H](CO)Cn2nc3c(c2C1=O)CN(C(=O)Nc1ccnc(Br)c1F)CC3.Cc1cc(NC(=O)N2CCc3nn4c(c3C2)C(=O)N(C)O[C@H](CO)C4)ccc1F. The molecule has 0 spiro atoms. The van der Waals surface area contributed by atoms with Crippen molar-refractivity contribution in [1.29, 1.82) is 5.26 Å². The smallest absolute Gasteiger partial charge is 0.322 e. The van der Waals surface area contributed by atoms with Crippen molar-refractivity contribution in [2.75, 3.05) is 128 Å². The summed E-state index contributed by atoms with van der Waals surface area (Å²) in [5, 5.41) is 97.4. The Morgan fingerprint density at radius 3 is 0.959 bits per heavy atom. The first-order chi connectivity index (χ1) is 69.9. The van der Waals surface area contributed by atoms with Crippen LogP contribution in [0.25, 0.3) is 0 Å². The van der Waals surface area contributed by atoms with E-state index in [1.54, 1.807) is 47.8 Å². The van der Waals surface area contributed by atoms with Gasteiger partial charge in [-0.2, -0.15) is 30.8 Å². The van der Waals surface area contributed by atoms with Crippen molar-refractivity contribution in [2.24, 2.45) is 0 Å². The predicted molar refractivity (Wildman–Crippen MR) is 507 cm³/mol. The minimum absolute atomic E-state index is 0.00487. The van der Waals surface area contributed by atoms with Gasteiger partial charge in [0.1, 0.15) is 92.9 Å². The van der Waals surface area contributed by atoms with Gasteiger partial charge in [0.25, 0.3) is 29.5 Å². The predicted octanol–water partition coefficient (Wildman–Crippen LogP) is 6.71. The zero-order chi connectivity index (χ0) is 104. The maximum atomic E-state index is 14.1. The Hall–Kier alpha value is -14.2. The van der Waals surface area contributed by atoms with E-state index in [0.717, 1.165) is 59.9 Å². The van der Waals surface area contributed by atoms with Crippen LogP contribution < -0.4 is 26.6 Å². The molecule has 0 saturated carbocycles. The summed E-state index contributed by atoms with van der Waals surface area (Å²) in [6, 6.07) is 17.4. The molecule has 0 unspecified atom stereocenters. The van der Waals surface area contributed by atoms with E-state index in [0.29, 0.717) is 149 Å². The number of urea groups is 5. The van der Waals surface area contributed by atoms with Gasteiger partial charge in [-0.15, -0.1) is 0 Å². The van der Waals surface area contributed by atoms with Gasteiger partial charge in [0.15, 0.2) is 5.82 Å². The number of benzene rings is 4. The lowest BCUT2D eigenvalue weighted by Crippen LogP contribution is -2.40. The van der Waals surface area contributed by atoms with Gasteiger partial charge in [0, 0.05) is 157 Å². The first-order valence-corrected chi connectivity index (χ1v) is 47.5. The van der Waals surface area contributed by atoms with Crippen molar-refractivity contribution in [3.8, 4) is 6.07 Å². The molecule has 4 aromatic carbocycles. The molecule has 10 aliphatic heterocycles. The van der Waals surface area contributed by atoms with Crippen molar-refractivity contribution in [2.45, 2.75) is 135 Å². The number of carbonyl (C=O) groups excluding carboxylic acids is 10. The molecule has 0 saturated heterocycles. The van der Waals surface area contributed by atoms with E-state index >= 15 is 0 Å². The van der Waals surface area contributed by atoms with Gasteiger partial charge in [0.2, 0.25) is 0 Å². The van der Waals surface area contributed by atoms with Crippen molar-refractivity contribution in [3.63, 3.8) is 0 Å². The molecule has 10 N–H and O–H groups in total. The Kier molecular flexibility index (Phi) is 32.1. The first kappa shape index (κ1) is 105. The number of aliphatic hydroxyl groups excluding tert-OH is 5. The number of aliphatic hydroxyl groups is 5. The minimum Gasteiger partial charge on any atom is -0.393 e. The van der Waals surface area contributed by atoms with Crippen LogP contribution in [0.15, 0.2) is 94.1 Å². The van der Waals surface area contributed by atoms with E-state index in [1.165, 1.54) is 127 Å². The second kappa shape index (κ2) is 44.8. The zero-order valence-electron chi connectivity index (χ0n) is 78.9. The molecule has 47 nitrogen and oxygen atoms in total. The number of hydrogen-bond acceptors (Lipinski definition) is 27. The number of nitriles is 1. The van der Waals surface area contributed by atoms with Crippen molar-refractivity contribution >= 4 is 132 Å². The molecular formula is C91H97Br2ClF5N27O20. The summed E-state index contributed by atoms with van der Waals surface area (Å²) in [6.45, 7) is 4.48. The fourth-order valence-electron chi connectivity index (χ4n) is 17.6. The monoisotopic (exact) mass is 2180 g/mol. The molecule has 5 atom stereocenters. The summed E-state index contributed by atoms with van der Waals surface area (Å²) in [6.07, 6.45) is 0.821. The largest absolute Gasteiger partial charge is 0.393 e. The number of nitrogens with one attached hydrogen (secondary N) is 5. The Morgan fingerprint density at radius 1 is 0.397 bits per heavy atom. The number of nitrogens with zero attached hydrogens (tertiary/aromatic N) is 22. The van der Waals surface area contributed by atoms with E-state index < -0.39 is 83.7 Å². The molecule has 10 aromatic rings. The fraction of sp³-hybridized carbons (Fsp3) is 0.396. The molecule has 0 fully saturated rings. The number of hydroxylamine groups is 10. The number of rotatable bonds is 10. The number of halogens is 8. The molecular weight excluding hydrogens is 2080 g/mol. The maximum absolute atomic E-state index is 14.1. The fourth-order valence-corrected chi connectivity index (χ4v) is 18.5. The van der Waals surface area contributed by atoms with Gasteiger partial charge in [-0.1, -0.05) is 11.6 Å². The van der Waals surface area contributed by atoms with Crippen LogP contribution in [0.1, 0.15) is 120 Å². The van der Waals surface area contributed by atoms with Gasteiger partial charge in [-0.05, 0) is 123 Å². The van der Waals surface area contributed by atoms with Crippen LogP contribution in [-0.4, -0.2) is 320 Å². The highest BCUT2D eigenvalue weighted by atomic mass is 79.9. The van der Waals surface area contributed by atoms with Gasteiger partial charge in [-0.25, -0.2) is 76.2 Å². The van der Waals surface area contributed by atoms with E-state index in [9.17, 15) is 95.4 Å². The van der Waals surface area contributed by atoms with E-state index in [2.05, 4.69) is 88.9 Å². The van der Waals surface area contributed by atoms with Crippen molar-refractivity contribution < 1.29 is 120 Å². The summed E-state index contributed by atoms with van der Waals surface area (Å²) in [4.78, 5) is 166. The highest BCUT2D eigenvalue weighted by Crippen LogP contribution is 2.36. The van der Waals surface area contributed by atoms with Gasteiger partial charge in [-0.3, -0.25) is 71.6 Å². The lowest BCUT2D eigenvalue weighted by molar-refractivity contribution is -0.159. The number of anilines is 5. The molecule has 0 aliphatic carbocycles. The molecule has 6 aromatic heterocycles. The third kappa shape index (κ3) is 22.6. The molecule has 20 rings (SSSR count). The van der Waals surface area contributed by atoms with E-state index in [4.69, 9.17) is 41.1 Å². The number of hydrogen-bond donors (Lipinski definition) is 10. The van der Waals surface area contributed by atoms with Crippen LogP contribution >= 0.6 is 43.5 Å². The number of amides is 15. The number of fused-ring (bicyclic) bond motifs is 15. The van der Waals surface area contributed by atoms with Gasteiger partial charge in [0.05, 0.1) is 148 Å².